The Morgan fingerprint density at radius 3 is 2.88 bits per heavy atom. The molecule has 0 aromatic heterocycles. The fourth-order valence-electron chi connectivity index (χ4n) is 3.38. The van der Waals surface area contributed by atoms with E-state index in [0.717, 1.165) is 17.7 Å². The van der Waals surface area contributed by atoms with Gasteiger partial charge in [0.2, 0.25) is 5.91 Å². The molecule has 0 saturated heterocycles. The van der Waals surface area contributed by atoms with Crippen molar-refractivity contribution in [2.24, 2.45) is 0 Å². The average Bonchev–Trinajstić information content (AvgIpc) is 2.61. The first-order valence-electron chi connectivity index (χ1n) is 9.05. The van der Waals surface area contributed by atoms with Gasteiger partial charge in [-0.15, -0.1) is 0 Å². The molecule has 130 valence electrons. The molecule has 0 bridgehead atoms. The number of anilines is 1. The van der Waals surface area contributed by atoms with Crippen molar-refractivity contribution in [3.05, 3.63) is 29.3 Å². The maximum atomic E-state index is 12.2. The number of rotatable bonds is 6. The Labute approximate surface area is 143 Å². The minimum Gasteiger partial charge on any atom is -0.378 e. The molecule has 0 spiro atoms. The summed E-state index contributed by atoms with van der Waals surface area (Å²) in [6.07, 6.45) is 8.68. The third kappa shape index (κ3) is 4.57. The molecular formula is C19H26N2O3. The van der Waals surface area contributed by atoms with Crippen LogP contribution in [0.5, 0.6) is 0 Å². The summed E-state index contributed by atoms with van der Waals surface area (Å²) in [6.45, 7) is 1.33. The summed E-state index contributed by atoms with van der Waals surface area (Å²) in [5.74, 6) is -0.0231. The van der Waals surface area contributed by atoms with Crippen LogP contribution >= 0.6 is 0 Å². The highest BCUT2D eigenvalue weighted by atomic mass is 16.5. The van der Waals surface area contributed by atoms with Crippen LogP contribution in [0.25, 0.3) is 0 Å². The molecule has 1 heterocycles. The number of nitrogens with one attached hydrogen (secondary N) is 2. The van der Waals surface area contributed by atoms with Gasteiger partial charge in [-0.2, -0.15) is 0 Å². The summed E-state index contributed by atoms with van der Waals surface area (Å²) < 4.78 is 5.86. The zero-order chi connectivity index (χ0) is 16.8. The van der Waals surface area contributed by atoms with E-state index >= 15 is 0 Å². The van der Waals surface area contributed by atoms with Crippen LogP contribution in [0.1, 0.15) is 60.9 Å². The summed E-state index contributed by atoms with van der Waals surface area (Å²) in [7, 11) is 0. The number of hydrogen-bond acceptors (Lipinski definition) is 3. The SMILES string of the molecule is O=C1CCc2cc(C(=O)NCCCOC3CCCCC3)ccc2N1. The van der Waals surface area contributed by atoms with Gasteiger partial charge in [0, 0.05) is 30.8 Å². The predicted molar refractivity (Wildman–Crippen MR) is 93.2 cm³/mol. The highest BCUT2D eigenvalue weighted by molar-refractivity contribution is 5.97. The van der Waals surface area contributed by atoms with Gasteiger partial charge in [0.05, 0.1) is 6.10 Å². The lowest BCUT2D eigenvalue weighted by Crippen LogP contribution is -2.27. The average molecular weight is 330 g/mol. The molecule has 5 nitrogen and oxygen atoms in total. The van der Waals surface area contributed by atoms with Crippen molar-refractivity contribution >= 4 is 17.5 Å². The van der Waals surface area contributed by atoms with Gasteiger partial charge in [-0.25, -0.2) is 0 Å². The lowest BCUT2D eigenvalue weighted by atomic mass is 9.98. The fourth-order valence-corrected chi connectivity index (χ4v) is 3.38. The Bertz CT molecular complexity index is 594. The second kappa shape index (κ2) is 8.29. The number of benzene rings is 1. The van der Waals surface area contributed by atoms with Gasteiger partial charge in [0.25, 0.3) is 5.91 Å². The molecule has 1 saturated carbocycles. The standard InChI is InChI=1S/C19H26N2O3/c22-18-10-8-14-13-15(7-9-17(14)21-18)19(23)20-11-4-12-24-16-5-2-1-3-6-16/h7,9,13,16H,1-6,8,10-12H2,(H,20,23)(H,21,22). The first-order valence-corrected chi connectivity index (χ1v) is 9.05. The van der Waals surface area contributed by atoms with Gasteiger partial charge in [0.15, 0.2) is 0 Å². The van der Waals surface area contributed by atoms with Gasteiger partial charge in [-0.1, -0.05) is 19.3 Å². The second-order valence-electron chi connectivity index (χ2n) is 6.66. The first kappa shape index (κ1) is 17.0. The third-order valence-electron chi connectivity index (χ3n) is 4.78. The molecule has 2 amide bonds. The van der Waals surface area contributed by atoms with Crippen LogP contribution in [0.15, 0.2) is 18.2 Å². The summed E-state index contributed by atoms with van der Waals surface area (Å²) in [5, 5.41) is 5.78. The van der Waals surface area contributed by atoms with Crippen LogP contribution in [0.2, 0.25) is 0 Å². The van der Waals surface area contributed by atoms with E-state index in [1.165, 1.54) is 32.1 Å². The van der Waals surface area contributed by atoms with E-state index in [4.69, 9.17) is 4.74 Å². The highest BCUT2D eigenvalue weighted by Crippen LogP contribution is 2.23. The van der Waals surface area contributed by atoms with Crippen molar-refractivity contribution < 1.29 is 14.3 Å². The normalized spacial score (nSPS) is 17.9. The van der Waals surface area contributed by atoms with Crippen LogP contribution in [0.3, 0.4) is 0 Å². The zero-order valence-electron chi connectivity index (χ0n) is 14.1. The molecule has 5 heteroatoms. The number of carbonyl (C=O) groups is 2. The Balaban J connectivity index is 1.39. The number of carbonyl (C=O) groups excluding carboxylic acids is 2. The van der Waals surface area contributed by atoms with Crippen molar-refractivity contribution in [3.63, 3.8) is 0 Å². The number of amides is 2. The second-order valence-corrected chi connectivity index (χ2v) is 6.66. The van der Waals surface area contributed by atoms with Crippen LogP contribution in [0, 0.1) is 0 Å². The zero-order valence-corrected chi connectivity index (χ0v) is 14.1. The van der Waals surface area contributed by atoms with E-state index in [-0.39, 0.29) is 11.8 Å². The number of fused-ring (bicyclic) bond motifs is 1. The van der Waals surface area contributed by atoms with Crippen LogP contribution in [0.4, 0.5) is 5.69 Å². The number of ether oxygens (including phenoxy) is 1. The maximum absolute atomic E-state index is 12.2. The highest BCUT2D eigenvalue weighted by Gasteiger charge is 2.17. The minimum absolute atomic E-state index is 0.0395. The van der Waals surface area contributed by atoms with E-state index in [0.29, 0.717) is 37.7 Å². The van der Waals surface area contributed by atoms with Gasteiger partial charge in [-0.05, 0) is 49.4 Å². The lowest BCUT2D eigenvalue weighted by Gasteiger charge is -2.22. The summed E-state index contributed by atoms with van der Waals surface area (Å²) in [5.41, 5.74) is 2.50. The molecule has 3 rings (SSSR count). The fraction of sp³-hybridized carbons (Fsp3) is 0.579. The largest absolute Gasteiger partial charge is 0.378 e. The Kier molecular flexibility index (Phi) is 5.86. The van der Waals surface area contributed by atoms with E-state index < -0.39 is 0 Å². The molecule has 24 heavy (non-hydrogen) atoms. The molecule has 0 atom stereocenters. The van der Waals surface area contributed by atoms with Crippen molar-refractivity contribution in [3.8, 4) is 0 Å². The molecule has 2 N–H and O–H groups in total. The maximum Gasteiger partial charge on any atom is 0.251 e. The van der Waals surface area contributed by atoms with E-state index in [2.05, 4.69) is 10.6 Å². The topological polar surface area (TPSA) is 67.4 Å². The molecule has 2 aliphatic rings. The Morgan fingerprint density at radius 2 is 2.04 bits per heavy atom. The molecule has 1 aliphatic carbocycles. The van der Waals surface area contributed by atoms with Crippen molar-refractivity contribution in [2.75, 3.05) is 18.5 Å². The van der Waals surface area contributed by atoms with Gasteiger partial charge < -0.3 is 15.4 Å². The van der Waals surface area contributed by atoms with Gasteiger partial charge >= 0.3 is 0 Å². The number of hydrogen-bond donors (Lipinski definition) is 2. The molecule has 1 fully saturated rings. The van der Waals surface area contributed by atoms with E-state index in [9.17, 15) is 9.59 Å². The quantitative estimate of drug-likeness (QED) is 0.788. The van der Waals surface area contributed by atoms with Gasteiger partial charge in [0.1, 0.15) is 0 Å². The summed E-state index contributed by atoms with van der Waals surface area (Å²) in [6, 6.07) is 5.45. The monoisotopic (exact) mass is 330 g/mol. The minimum atomic E-state index is -0.0626. The van der Waals surface area contributed by atoms with Gasteiger partial charge in [-0.3, -0.25) is 9.59 Å². The van der Waals surface area contributed by atoms with E-state index in [1.807, 2.05) is 12.1 Å². The molecule has 1 aliphatic heterocycles. The van der Waals surface area contributed by atoms with Crippen LogP contribution in [-0.2, 0) is 16.0 Å². The Morgan fingerprint density at radius 1 is 1.21 bits per heavy atom. The molecule has 1 aromatic carbocycles. The van der Waals surface area contributed by atoms with Crippen LogP contribution < -0.4 is 10.6 Å². The number of aryl methyl sites for hydroxylation is 1. The lowest BCUT2D eigenvalue weighted by molar-refractivity contribution is -0.116. The molecule has 0 radical (unpaired) electrons. The van der Waals surface area contributed by atoms with Crippen LogP contribution in [-0.4, -0.2) is 31.1 Å². The summed E-state index contributed by atoms with van der Waals surface area (Å²) >= 11 is 0. The van der Waals surface area contributed by atoms with Crippen molar-refractivity contribution in [2.45, 2.75) is 57.5 Å². The smallest absolute Gasteiger partial charge is 0.251 e. The third-order valence-corrected chi connectivity index (χ3v) is 4.78. The van der Waals surface area contributed by atoms with E-state index in [1.54, 1.807) is 6.07 Å². The van der Waals surface area contributed by atoms with Crippen molar-refractivity contribution in [1.82, 2.24) is 5.32 Å². The molecule has 1 aromatic rings. The van der Waals surface area contributed by atoms with Crippen molar-refractivity contribution in [1.29, 1.82) is 0 Å². The summed E-state index contributed by atoms with van der Waals surface area (Å²) in [4.78, 5) is 23.6. The first-order chi connectivity index (χ1) is 11.7. The Hall–Kier alpha value is -1.88. The predicted octanol–water partition coefficient (Wildman–Crippen LogP) is 3.04. The molecule has 0 unspecified atom stereocenters. The molecular weight excluding hydrogens is 304 g/mol.